The molecule has 0 bridgehead atoms. The van der Waals surface area contributed by atoms with Gasteiger partial charge in [0.25, 0.3) is 11.6 Å². The predicted octanol–water partition coefficient (Wildman–Crippen LogP) is -1.55. The van der Waals surface area contributed by atoms with Crippen molar-refractivity contribution in [2.45, 2.75) is 270 Å². The van der Waals surface area contributed by atoms with E-state index in [0.29, 0.717) is 5.56 Å². The number of esters is 13. The summed E-state index contributed by atoms with van der Waals surface area (Å²) in [4.78, 5) is 230. The lowest BCUT2D eigenvalue weighted by molar-refractivity contribution is -0.401. The maximum absolute atomic E-state index is 15.3. The Morgan fingerprint density at radius 1 is 0.471 bits per heavy atom. The number of hydrogen-bond donors (Lipinski definition) is 4. The number of methoxy groups -OCH3 is 5. The van der Waals surface area contributed by atoms with Crippen molar-refractivity contribution in [1.82, 2.24) is 21.3 Å². The van der Waals surface area contributed by atoms with E-state index in [4.69, 9.17) is 114 Å². The lowest BCUT2D eigenvalue weighted by Crippen LogP contribution is -2.75. The highest BCUT2D eigenvalue weighted by Gasteiger charge is 2.68. The van der Waals surface area contributed by atoms with Gasteiger partial charge in [-0.25, -0.2) is 9.59 Å². The van der Waals surface area contributed by atoms with Gasteiger partial charge in [-0.05, 0) is 13.3 Å². The van der Waals surface area contributed by atoms with E-state index in [1.165, 1.54) is 41.4 Å². The Balaban J connectivity index is 1.64. The van der Waals surface area contributed by atoms with Gasteiger partial charge in [0.05, 0.1) is 85.3 Å². The zero-order chi connectivity index (χ0) is 90.6. The molecule has 4 N–H and O–H groups in total. The summed E-state index contributed by atoms with van der Waals surface area (Å²) in [6, 6.07) is -4.95. The van der Waals surface area contributed by atoms with Crippen molar-refractivity contribution >= 4 is 101 Å². The fraction of sp³-hybridized carbons (Fsp3) is 0.697. The van der Waals surface area contributed by atoms with E-state index in [-0.39, 0.29) is 29.4 Å². The fourth-order valence-corrected chi connectivity index (χ4v) is 14.7. The largest absolute Gasteiger partial charge is 0.496 e. The zero-order valence-corrected chi connectivity index (χ0v) is 70.7. The molecular weight excluding hydrogens is 1620 g/mol. The third-order valence-corrected chi connectivity index (χ3v) is 19.1. The number of hydrogen-bond acceptors (Lipinski definition) is 42. The van der Waals surface area contributed by atoms with Crippen molar-refractivity contribution in [2.75, 3.05) is 68.5 Å². The first-order valence-corrected chi connectivity index (χ1v) is 37.9. The van der Waals surface area contributed by atoms with Gasteiger partial charge in [-0.1, -0.05) is 6.92 Å². The molecule has 0 aliphatic carbocycles. The zero-order valence-electron chi connectivity index (χ0n) is 70.7. The smallest absolute Gasteiger partial charge is 0.367 e. The van der Waals surface area contributed by atoms with Crippen LogP contribution in [0.3, 0.4) is 0 Å². The Labute approximate surface area is 694 Å². The fourth-order valence-electron chi connectivity index (χ4n) is 14.7. The SMILES string of the molecule is COC(=O)[C@@]1(OCC2O[C@@H](CN[C@H](C)C(=O)C(C)Cc3c(OC)cc(OC)c(OC)c3OC)C(NC(C)=O)[C@@H](O[C@@H]3OC(COC(C)=O)[C@@H]4OC(=O)[C@]5(C[C@H](OC(C)=O)C(NC(C)=O)C([C@H](OC(C)=O)[C@@H](COC(C)=O)OC(C)=O)O5)O[C@@H]4C3OC(C)=O)[C@H]2OC(C)=O)C[C@@H](OC(C)=O)[C@@H](NC(C)=O)C([C@H](OC(C)=O)[C@@H](COC(C)=O)OC(C)=O)O1. The van der Waals surface area contributed by atoms with Crippen molar-refractivity contribution in [3.63, 3.8) is 0 Å². The molecule has 676 valence electrons. The second-order valence-electron chi connectivity index (χ2n) is 28.6. The first-order chi connectivity index (χ1) is 56.8. The molecular formula is C76H106N4O41. The predicted molar refractivity (Wildman–Crippen MR) is 394 cm³/mol. The molecule has 5 saturated heterocycles. The lowest BCUT2D eigenvalue weighted by Gasteiger charge is -2.55. The van der Waals surface area contributed by atoms with Gasteiger partial charge in [-0.3, -0.25) is 71.9 Å². The topological polar surface area (TPSA) is 560 Å². The third-order valence-electron chi connectivity index (χ3n) is 19.1. The van der Waals surface area contributed by atoms with E-state index in [2.05, 4.69) is 21.3 Å². The Morgan fingerprint density at radius 3 is 1.40 bits per heavy atom. The highest BCUT2D eigenvalue weighted by Crippen LogP contribution is 2.48. The first-order valence-electron chi connectivity index (χ1n) is 37.9. The second kappa shape index (κ2) is 44.2. The van der Waals surface area contributed by atoms with E-state index in [0.717, 1.165) is 104 Å². The molecule has 3 amide bonds. The van der Waals surface area contributed by atoms with E-state index in [9.17, 15) is 71.9 Å². The molecule has 1 aromatic carbocycles. The minimum atomic E-state index is -3.08. The van der Waals surface area contributed by atoms with Gasteiger partial charge in [0.15, 0.2) is 66.3 Å². The van der Waals surface area contributed by atoms with Crippen LogP contribution in [0.1, 0.15) is 129 Å². The van der Waals surface area contributed by atoms with Crippen LogP contribution >= 0.6 is 0 Å². The van der Waals surface area contributed by atoms with Crippen molar-refractivity contribution in [2.24, 2.45) is 5.92 Å². The number of Topliss-reactive ketones (excluding diaryl/α,β-unsaturated/α-hetero) is 1. The second-order valence-corrected chi connectivity index (χ2v) is 28.6. The molecule has 5 heterocycles. The highest BCUT2D eigenvalue weighted by atomic mass is 16.8. The number of carbonyl (C=O) groups is 17. The summed E-state index contributed by atoms with van der Waals surface area (Å²) < 4.78 is 143. The van der Waals surface area contributed by atoms with Crippen LogP contribution in [0, 0.1) is 5.92 Å². The molecule has 121 heavy (non-hydrogen) atoms. The number of carbonyl (C=O) groups excluding carboxylic acids is 17. The minimum absolute atomic E-state index is 0.0618. The number of benzene rings is 1. The summed E-state index contributed by atoms with van der Waals surface area (Å²) in [5.41, 5.74) is 0.380. The Morgan fingerprint density at radius 2 is 0.950 bits per heavy atom. The molecule has 24 atom stereocenters. The average Bonchev–Trinajstić information content (AvgIpc) is 0.722. The van der Waals surface area contributed by atoms with Gasteiger partial charge >= 0.3 is 77.6 Å². The van der Waals surface area contributed by atoms with Gasteiger partial charge in [0.1, 0.15) is 74.4 Å². The summed E-state index contributed by atoms with van der Waals surface area (Å²) in [7, 11) is 6.35. The summed E-state index contributed by atoms with van der Waals surface area (Å²) in [5.74, 6) is -24.3. The van der Waals surface area contributed by atoms with Crippen LogP contribution in [-0.2, 0) is 183 Å². The normalized spacial score (nSPS) is 28.1. The number of amides is 3. The Hall–Kier alpha value is -10.7. The van der Waals surface area contributed by atoms with Crippen LogP contribution in [0.15, 0.2) is 6.07 Å². The lowest BCUT2D eigenvalue weighted by atomic mass is 9.86. The van der Waals surface area contributed by atoms with E-state index in [1.54, 1.807) is 6.92 Å². The van der Waals surface area contributed by atoms with E-state index < -0.39 is 293 Å². The van der Waals surface area contributed by atoms with E-state index >= 15 is 9.59 Å². The molecule has 8 unspecified atom stereocenters. The van der Waals surface area contributed by atoms with Crippen LogP contribution in [0.4, 0.5) is 0 Å². The molecule has 5 aliphatic heterocycles. The van der Waals surface area contributed by atoms with Gasteiger partial charge in [0.2, 0.25) is 23.5 Å². The average molecular weight is 1730 g/mol. The quantitative estimate of drug-likeness (QED) is 0.0430. The number of fused-ring (bicyclic) bond motifs is 1. The molecule has 1 spiro atoms. The first kappa shape index (κ1) is 99.1. The number of ether oxygens (including phenoxy) is 24. The van der Waals surface area contributed by atoms with Crippen molar-refractivity contribution in [3.8, 4) is 23.0 Å². The Bertz CT molecular complexity index is 3970. The molecule has 45 nitrogen and oxygen atoms in total. The molecule has 5 aliphatic rings. The minimum Gasteiger partial charge on any atom is -0.496 e. The summed E-state index contributed by atoms with van der Waals surface area (Å²) in [6.45, 7) is 11.8. The van der Waals surface area contributed by atoms with Crippen molar-refractivity contribution in [3.05, 3.63) is 11.6 Å². The van der Waals surface area contributed by atoms with E-state index in [1.807, 2.05) is 0 Å². The van der Waals surface area contributed by atoms with Crippen LogP contribution < -0.4 is 40.2 Å². The van der Waals surface area contributed by atoms with Gasteiger partial charge < -0.3 is 135 Å². The third kappa shape index (κ3) is 26.4. The van der Waals surface area contributed by atoms with Gasteiger partial charge in [-0.2, -0.15) is 0 Å². The van der Waals surface area contributed by atoms with Crippen LogP contribution in [0.25, 0.3) is 0 Å². The summed E-state index contributed by atoms with van der Waals surface area (Å²) in [6.07, 6.45) is -36.3. The molecule has 6 rings (SSSR count). The monoisotopic (exact) mass is 1730 g/mol. The Kier molecular flexibility index (Phi) is 36.2. The molecule has 45 heteroatoms. The number of rotatable bonds is 38. The molecule has 0 saturated carbocycles. The highest BCUT2D eigenvalue weighted by molar-refractivity contribution is 5.86. The number of ketones is 1. The molecule has 0 aromatic heterocycles. The van der Waals surface area contributed by atoms with Crippen molar-refractivity contribution in [1.29, 1.82) is 0 Å². The maximum atomic E-state index is 15.3. The standard InChI is InChI=1S/C76H106N4O41/c1-31(22-47-48(98-17)23-49(99-18)62(101-20)61(47)100-19)60(95)32(2)77-26-52-59(80-35(5)83)67(63(111-43(13)91)56(115-52)30-106-75(73(96)102-21)24-50(107-39(9)87)57(78-33(3)81)68(119-75)64(112-44(14)92)53(109-41(11)89)27-103-36(6)84)117-72-71(114-46(16)94)70-66(55(116-72)29-105-38(8)86)118-74(97)76(121-70)25-51(108-40(10)88)58(79-34(4)82)69(120-76)65(113-45(15)93)54(110-42(12)90)28-104-37(7)85/h23,31-32,50-59,63-72,77H,22,24-30H2,1-21H3,(H,78,81)(H,79,82)(H,80,83)/t31?,32-,50-,51+,52+,53-,54-,55?,56?,57-,58?,59?,63+,64-,65-,66+,67-,68?,69?,70+,71?,72+,75-,76+/m1/s1. The molecule has 1 aromatic rings. The van der Waals surface area contributed by atoms with Crippen LogP contribution in [0.5, 0.6) is 23.0 Å². The number of nitrogens with one attached hydrogen (secondary N) is 4. The molecule has 0 radical (unpaired) electrons. The van der Waals surface area contributed by atoms with Crippen LogP contribution in [0.2, 0.25) is 0 Å². The van der Waals surface area contributed by atoms with Crippen molar-refractivity contribution < 1.29 is 195 Å². The summed E-state index contributed by atoms with van der Waals surface area (Å²) >= 11 is 0. The maximum Gasteiger partial charge on any atom is 0.367 e. The van der Waals surface area contributed by atoms with Gasteiger partial charge in [0, 0.05) is 121 Å². The molecule has 5 fully saturated rings. The van der Waals surface area contributed by atoms with Crippen LogP contribution in [-0.4, -0.2) is 309 Å². The summed E-state index contributed by atoms with van der Waals surface area (Å²) in [5, 5.41) is 10.9. The van der Waals surface area contributed by atoms with Gasteiger partial charge in [-0.15, -0.1) is 0 Å².